The van der Waals surface area contributed by atoms with Crippen LogP contribution in [-0.2, 0) is 24.3 Å². The molecule has 1 amide bonds. The predicted molar refractivity (Wildman–Crippen MR) is 116 cm³/mol. The van der Waals surface area contributed by atoms with Gasteiger partial charge in [-0.15, -0.1) is 0 Å². The first-order valence-corrected chi connectivity index (χ1v) is 9.97. The van der Waals surface area contributed by atoms with E-state index in [9.17, 15) is 4.79 Å². The van der Waals surface area contributed by atoms with Gasteiger partial charge in [0, 0.05) is 23.7 Å². The van der Waals surface area contributed by atoms with Crippen molar-refractivity contribution in [1.82, 2.24) is 4.90 Å². The molecule has 0 fully saturated rings. The van der Waals surface area contributed by atoms with Crippen molar-refractivity contribution in [2.24, 2.45) is 5.73 Å². The van der Waals surface area contributed by atoms with Crippen LogP contribution in [0.3, 0.4) is 0 Å². The molecule has 1 aliphatic heterocycles. The number of carbonyl (C=O) groups is 1. The zero-order valence-electron chi connectivity index (χ0n) is 16.3. The van der Waals surface area contributed by atoms with Gasteiger partial charge in [0.25, 0.3) is 0 Å². The maximum atomic E-state index is 12.8. The molecule has 5 heteroatoms. The van der Waals surface area contributed by atoms with Gasteiger partial charge in [0.15, 0.2) is 0 Å². The second kappa shape index (κ2) is 8.27. The average Bonchev–Trinajstić information content (AvgIpc) is 3.18. The Kier molecular flexibility index (Phi) is 5.56. The molecule has 3 aromatic carbocycles. The third-order valence-corrected chi connectivity index (χ3v) is 5.73. The summed E-state index contributed by atoms with van der Waals surface area (Å²) in [5.74, 6) is 0.739. The molecule has 2 N–H and O–H groups in total. The van der Waals surface area contributed by atoms with Crippen molar-refractivity contribution in [3.05, 3.63) is 88.4 Å². The van der Waals surface area contributed by atoms with E-state index >= 15 is 0 Å². The van der Waals surface area contributed by atoms with Crippen molar-refractivity contribution >= 4 is 17.5 Å². The number of methoxy groups -OCH3 is 1. The van der Waals surface area contributed by atoms with Crippen LogP contribution in [0.2, 0.25) is 5.02 Å². The molecule has 1 aliphatic rings. The van der Waals surface area contributed by atoms with Crippen LogP contribution in [0.15, 0.2) is 66.7 Å². The number of nitrogens with two attached hydrogens (primary N) is 1. The summed E-state index contributed by atoms with van der Waals surface area (Å²) in [5, 5.41) is 0.598. The largest absolute Gasteiger partial charge is 0.496 e. The number of nitrogens with zero attached hydrogens (tertiary/aromatic N) is 1. The van der Waals surface area contributed by atoms with E-state index < -0.39 is 6.04 Å². The van der Waals surface area contributed by atoms with Gasteiger partial charge in [-0.05, 0) is 40.8 Å². The zero-order valence-corrected chi connectivity index (χ0v) is 17.0. The van der Waals surface area contributed by atoms with E-state index in [1.807, 2.05) is 59.5 Å². The number of benzene rings is 3. The Balaban J connectivity index is 1.47. The van der Waals surface area contributed by atoms with Gasteiger partial charge in [0.2, 0.25) is 5.91 Å². The average molecular weight is 407 g/mol. The van der Waals surface area contributed by atoms with E-state index in [0.717, 1.165) is 22.4 Å². The quantitative estimate of drug-likeness (QED) is 0.682. The Hall–Kier alpha value is -2.82. The molecule has 1 heterocycles. The topological polar surface area (TPSA) is 55.6 Å². The highest BCUT2D eigenvalue weighted by Gasteiger charge is 2.27. The lowest BCUT2D eigenvalue weighted by atomic mass is 9.99. The second-order valence-corrected chi connectivity index (χ2v) is 7.69. The monoisotopic (exact) mass is 406 g/mol. The molecular weight excluding hydrogens is 384 g/mol. The molecule has 0 radical (unpaired) electrons. The van der Waals surface area contributed by atoms with E-state index in [2.05, 4.69) is 12.1 Å². The summed E-state index contributed by atoms with van der Waals surface area (Å²) in [7, 11) is 1.65. The Labute approximate surface area is 175 Å². The van der Waals surface area contributed by atoms with Crippen LogP contribution in [-0.4, -0.2) is 24.0 Å². The lowest BCUT2D eigenvalue weighted by Gasteiger charge is -2.21. The number of hydrogen-bond acceptors (Lipinski definition) is 3. The summed E-state index contributed by atoms with van der Waals surface area (Å²) in [6.45, 7) is 1.23. The molecule has 0 saturated carbocycles. The van der Waals surface area contributed by atoms with Crippen LogP contribution in [0.1, 0.15) is 16.7 Å². The fraction of sp³-hybridized carbons (Fsp3) is 0.208. The molecule has 29 heavy (non-hydrogen) atoms. The minimum absolute atomic E-state index is 0.0499. The molecule has 4 rings (SSSR count). The van der Waals surface area contributed by atoms with Crippen LogP contribution >= 0.6 is 11.6 Å². The minimum atomic E-state index is -0.626. The van der Waals surface area contributed by atoms with Crippen LogP contribution < -0.4 is 10.5 Å². The molecule has 0 saturated heterocycles. The van der Waals surface area contributed by atoms with Gasteiger partial charge in [-0.2, -0.15) is 0 Å². The van der Waals surface area contributed by atoms with Crippen molar-refractivity contribution in [2.45, 2.75) is 25.6 Å². The molecule has 0 spiro atoms. The predicted octanol–water partition coefficient (Wildman–Crippen LogP) is 4.43. The summed E-state index contributed by atoms with van der Waals surface area (Å²) in [5.41, 5.74) is 11.4. The van der Waals surface area contributed by atoms with Crippen LogP contribution in [0.4, 0.5) is 0 Å². The number of carbonyl (C=O) groups excluding carboxylic acids is 1. The van der Waals surface area contributed by atoms with Crippen LogP contribution in [0, 0.1) is 0 Å². The third kappa shape index (κ3) is 4.00. The molecule has 4 nitrogen and oxygen atoms in total. The molecule has 0 bridgehead atoms. The number of rotatable bonds is 5. The van der Waals surface area contributed by atoms with Crippen LogP contribution in [0.25, 0.3) is 11.1 Å². The Bertz CT molecular complexity index is 1030. The Morgan fingerprint density at radius 1 is 1.07 bits per heavy atom. The maximum Gasteiger partial charge on any atom is 0.240 e. The summed E-state index contributed by atoms with van der Waals surface area (Å²) < 4.78 is 5.44. The van der Waals surface area contributed by atoms with Crippen molar-refractivity contribution in [3.63, 3.8) is 0 Å². The van der Waals surface area contributed by atoms with Gasteiger partial charge >= 0.3 is 0 Å². The van der Waals surface area contributed by atoms with Crippen molar-refractivity contribution < 1.29 is 9.53 Å². The van der Waals surface area contributed by atoms with E-state index in [1.54, 1.807) is 7.11 Å². The molecule has 1 unspecified atom stereocenters. The first-order chi connectivity index (χ1) is 14.1. The summed E-state index contributed by atoms with van der Waals surface area (Å²) in [4.78, 5) is 14.7. The number of para-hydroxylation sites is 1. The van der Waals surface area contributed by atoms with Gasteiger partial charge in [-0.25, -0.2) is 0 Å². The van der Waals surface area contributed by atoms with Crippen molar-refractivity contribution in [3.8, 4) is 16.9 Å². The number of hydrogen-bond donors (Lipinski definition) is 1. The highest BCUT2D eigenvalue weighted by atomic mass is 35.5. The third-order valence-electron chi connectivity index (χ3n) is 5.38. The molecule has 0 aromatic heterocycles. The fourth-order valence-electron chi connectivity index (χ4n) is 3.81. The molecule has 1 atom stereocenters. The second-order valence-electron chi connectivity index (χ2n) is 7.28. The summed E-state index contributed by atoms with van der Waals surface area (Å²) in [6.07, 6.45) is 0.400. The minimum Gasteiger partial charge on any atom is -0.496 e. The van der Waals surface area contributed by atoms with E-state index in [1.165, 1.54) is 11.1 Å². The highest BCUT2D eigenvalue weighted by Crippen LogP contribution is 2.32. The standard InChI is InChI=1S/C24H23ClN2O2/c1-29-23-9-5-4-8-20(23)16-10-11-17(21(25)12-16)13-22(26)24(28)27-14-18-6-2-3-7-19(18)15-27/h2-12,22H,13-15,26H2,1H3. The summed E-state index contributed by atoms with van der Waals surface area (Å²) in [6, 6.07) is 21.1. The van der Waals surface area contributed by atoms with Crippen molar-refractivity contribution in [1.29, 1.82) is 0 Å². The van der Waals surface area contributed by atoms with E-state index in [-0.39, 0.29) is 5.91 Å². The number of fused-ring (bicyclic) bond motifs is 1. The van der Waals surface area contributed by atoms with Crippen molar-refractivity contribution in [2.75, 3.05) is 7.11 Å². The SMILES string of the molecule is COc1ccccc1-c1ccc(CC(N)C(=O)N2Cc3ccccc3C2)c(Cl)c1. The number of ether oxygens (including phenoxy) is 1. The summed E-state index contributed by atoms with van der Waals surface area (Å²) >= 11 is 6.53. The number of amides is 1. The Morgan fingerprint density at radius 2 is 1.72 bits per heavy atom. The van der Waals surface area contributed by atoms with Gasteiger partial charge in [0.1, 0.15) is 5.75 Å². The van der Waals surface area contributed by atoms with Gasteiger partial charge in [-0.3, -0.25) is 4.79 Å². The molecular formula is C24H23ClN2O2. The smallest absolute Gasteiger partial charge is 0.240 e. The number of halogens is 1. The van der Waals surface area contributed by atoms with Gasteiger partial charge in [0.05, 0.1) is 13.2 Å². The lowest BCUT2D eigenvalue weighted by molar-refractivity contribution is -0.133. The van der Waals surface area contributed by atoms with Crippen LogP contribution in [0.5, 0.6) is 5.75 Å². The van der Waals surface area contributed by atoms with E-state index in [4.69, 9.17) is 22.1 Å². The maximum absolute atomic E-state index is 12.8. The van der Waals surface area contributed by atoms with E-state index in [0.29, 0.717) is 24.5 Å². The normalized spacial score (nSPS) is 13.8. The van der Waals surface area contributed by atoms with Gasteiger partial charge < -0.3 is 15.4 Å². The zero-order chi connectivity index (χ0) is 20.4. The molecule has 3 aromatic rings. The molecule has 0 aliphatic carbocycles. The van der Waals surface area contributed by atoms with Gasteiger partial charge in [-0.1, -0.05) is 66.2 Å². The first kappa shape index (κ1) is 19.5. The molecule has 148 valence electrons. The first-order valence-electron chi connectivity index (χ1n) is 9.60. The highest BCUT2D eigenvalue weighted by molar-refractivity contribution is 6.31. The lowest BCUT2D eigenvalue weighted by Crippen LogP contribution is -2.42. The fourth-order valence-corrected chi connectivity index (χ4v) is 4.07. The Morgan fingerprint density at radius 3 is 2.38 bits per heavy atom.